The first kappa shape index (κ1) is 12.7. The van der Waals surface area contributed by atoms with Crippen molar-refractivity contribution in [2.45, 2.75) is 26.7 Å². The van der Waals surface area contributed by atoms with Crippen LogP contribution in [0.4, 0.5) is 0 Å². The van der Waals surface area contributed by atoms with E-state index < -0.39 is 5.97 Å². The minimum atomic E-state index is -0.449. The van der Waals surface area contributed by atoms with E-state index in [4.69, 9.17) is 13.9 Å². The molecule has 0 aromatic carbocycles. The van der Waals surface area contributed by atoms with E-state index >= 15 is 0 Å². The summed E-state index contributed by atoms with van der Waals surface area (Å²) in [7, 11) is 1.61. The molecule has 1 rings (SSSR count). The van der Waals surface area contributed by atoms with E-state index in [9.17, 15) is 4.79 Å². The third-order valence-corrected chi connectivity index (χ3v) is 2.06. The minimum Gasteiger partial charge on any atom is -0.460 e. The fraction of sp³-hybridized carbons (Fsp3) is 0.636. The molecule has 0 saturated carbocycles. The molecule has 0 atom stereocenters. The van der Waals surface area contributed by atoms with Crippen molar-refractivity contribution >= 4 is 5.97 Å². The smallest absolute Gasteiger partial charge is 0.376 e. The average molecular weight is 227 g/mol. The first-order valence-electron chi connectivity index (χ1n) is 5.37. The molecule has 5 nitrogen and oxygen atoms in total. The molecule has 0 aliphatic carbocycles. The van der Waals surface area contributed by atoms with E-state index in [0.717, 1.165) is 0 Å². The summed E-state index contributed by atoms with van der Waals surface area (Å²) in [6.07, 6.45) is 1.20. The standard InChI is InChI=1S/C11H17NO4/c1-4-8-10(11(13)15-5-2)16-9(12-8)6-7-14-3/h4-7H2,1-3H3. The molecular formula is C11H17NO4. The van der Waals surface area contributed by atoms with Gasteiger partial charge in [-0.2, -0.15) is 0 Å². The van der Waals surface area contributed by atoms with Crippen LogP contribution in [0.15, 0.2) is 4.42 Å². The van der Waals surface area contributed by atoms with Gasteiger partial charge in [0.05, 0.1) is 18.9 Å². The Morgan fingerprint density at radius 2 is 2.19 bits per heavy atom. The van der Waals surface area contributed by atoms with E-state index in [-0.39, 0.29) is 5.76 Å². The summed E-state index contributed by atoms with van der Waals surface area (Å²) >= 11 is 0. The van der Waals surface area contributed by atoms with Gasteiger partial charge in [0.25, 0.3) is 0 Å². The molecule has 16 heavy (non-hydrogen) atoms. The summed E-state index contributed by atoms with van der Waals surface area (Å²) in [5, 5.41) is 0. The van der Waals surface area contributed by atoms with Gasteiger partial charge in [0, 0.05) is 13.5 Å². The molecule has 1 aromatic rings. The van der Waals surface area contributed by atoms with Crippen molar-refractivity contribution in [3.05, 3.63) is 17.3 Å². The third-order valence-electron chi connectivity index (χ3n) is 2.06. The highest BCUT2D eigenvalue weighted by Gasteiger charge is 2.19. The maximum Gasteiger partial charge on any atom is 0.376 e. The van der Waals surface area contributed by atoms with Gasteiger partial charge in [-0.05, 0) is 13.3 Å². The molecular weight excluding hydrogens is 210 g/mol. The predicted molar refractivity (Wildman–Crippen MR) is 57.4 cm³/mol. The molecule has 0 bridgehead atoms. The first-order chi connectivity index (χ1) is 7.72. The number of nitrogens with zero attached hydrogens (tertiary/aromatic N) is 1. The zero-order valence-electron chi connectivity index (χ0n) is 9.91. The van der Waals surface area contributed by atoms with Crippen LogP contribution >= 0.6 is 0 Å². The maximum absolute atomic E-state index is 11.5. The average Bonchev–Trinajstić information content (AvgIpc) is 2.70. The number of hydrogen-bond donors (Lipinski definition) is 0. The predicted octanol–water partition coefficient (Wildman–Crippen LogP) is 1.60. The van der Waals surface area contributed by atoms with Gasteiger partial charge in [-0.25, -0.2) is 9.78 Å². The lowest BCUT2D eigenvalue weighted by Crippen LogP contribution is -2.05. The highest BCUT2D eigenvalue weighted by molar-refractivity contribution is 5.87. The summed E-state index contributed by atoms with van der Waals surface area (Å²) in [5.41, 5.74) is 0.643. The molecule has 0 aliphatic rings. The van der Waals surface area contributed by atoms with Gasteiger partial charge in [-0.1, -0.05) is 6.92 Å². The van der Waals surface area contributed by atoms with Gasteiger partial charge >= 0.3 is 5.97 Å². The molecule has 90 valence electrons. The number of carbonyl (C=O) groups excluding carboxylic acids is 1. The van der Waals surface area contributed by atoms with Crippen LogP contribution in [0.2, 0.25) is 0 Å². The maximum atomic E-state index is 11.5. The normalized spacial score (nSPS) is 10.4. The molecule has 0 radical (unpaired) electrons. The van der Waals surface area contributed by atoms with Crippen LogP contribution in [0.25, 0.3) is 0 Å². The minimum absolute atomic E-state index is 0.218. The Labute approximate surface area is 94.8 Å². The van der Waals surface area contributed by atoms with Crippen LogP contribution in [0.5, 0.6) is 0 Å². The Hall–Kier alpha value is -1.36. The van der Waals surface area contributed by atoms with Gasteiger partial charge in [-0.15, -0.1) is 0 Å². The zero-order valence-corrected chi connectivity index (χ0v) is 9.91. The van der Waals surface area contributed by atoms with Gasteiger partial charge in [0.1, 0.15) is 0 Å². The Morgan fingerprint density at radius 1 is 1.44 bits per heavy atom. The summed E-state index contributed by atoms with van der Waals surface area (Å²) in [6.45, 7) is 4.52. The summed E-state index contributed by atoms with van der Waals surface area (Å²) in [6, 6.07) is 0. The highest BCUT2D eigenvalue weighted by atomic mass is 16.5. The number of hydrogen-bond acceptors (Lipinski definition) is 5. The quantitative estimate of drug-likeness (QED) is 0.691. The number of rotatable bonds is 6. The number of aryl methyl sites for hydroxylation is 1. The van der Waals surface area contributed by atoms with Crippen LogP contribution in [-0.2, 0) is 22.3 Å². The van der Waals surface area contributed by atoms with Crippen molar-refractivity contribution in [2.24, 2.45) is 0 Å². The largest absolute Gasteiger partial charge is 0.460 e. The lowest BCUT2D eigenvalue weighted by atomic mass is 10.3. The molecule has 0 spiro atoms. The Kier molecular flexibility index (Phi) is 4.98. The van der Waals surface area contributed by atoms with Crippen molar-refractivity contribution in [2.75, 3.05) is 20.3 Å². The van der Waals surface area contributed by atoms with Gasteiger partial charge in [-0.3, -0.25) is 0 Å². The molecule has 0 unspecified atom stereocenters. The van der Waals surface area contributed by atoms with Crippen molar-refractivity contribution in [1.29, 1.82) is 0 Å². The van der Waals surface area contributed by atoms with Crippen LogP contribution in [-0.4, -0.2) is 31.3 Å². The molecule has 0 saturated heterocycles. The number of esters is 1. The van der Waals surface area contributed by atoms with E-state index in [1.165, 1.54) is 0 Å². The second-order valence-electron chi connectivity index (χ2n) is 3.20. The van der Waals surface area contributed by atoms with E-state index in [0.29, 0.717) is 37.6 Å². The number of oxazole rings is 1. The monoisotopic (exact) mass is 227 g/mol. The van der Waals surface area contributed by atoms with Gasteiger partial charge in [0.15, 0.2) is 5.89 Å². The van der Waals surface area contributed by atoms with Gasteiger partial charge < -0.3 is 13.9 Å². The number of methoxy groups -OCH3 is 1. The summed E-state index contributed by atoms with van der Waals surface area (Å²) in [5.74, 6) is 0.285. The van der Waals surface area contributed by atoms with Crippen LogP contribution in [0, 0.1) is 0 Å². The molecule has 0 aliphatic heterocycles. The molecule has 1 heterocycles. The van der Waals surface area contributed by atoms with Crippen molar-refractivity contribution in [3.8, 4) is 0 Å². The first-order valence-corrected chi connectivity index (χ1v) is 5.37. The van der Waals surface area contributed by atoms with Gasteiger partial charge in [0.2, 0.25) is 5.76 Å². The highest BCUT2D eigenvalue weighted by Crippen LogP contribution is 2.14. The number of aromatic nitrogens is 1. The second-order valence-corrected chi connectivity index (χ2v) is 3.20. The zero-order chi connectivity index (χ0) is 12.0. The van der Waals surface area contributed by atoms with Crippen molar-refractivity contribution in [1.82, 2.24) is 4.98 Å². The fourth-order valence-corrected chi connectivity index (χ4v) is 1.29. The SMILES string of the molecule is CCOC(=O)c1oc(CCOC)nc1CC. The Bertz CT molecular complexity index is 346. The van der Waals surface area contributed by atoms with Crippen LogP contribution in [0.3, 0.4) is 0 Å². The van der Waals surface area contributed by atoms with Crippen molar-refractivity contribution in [3.63, 3.8) is 0 Å². The van der Waals surface area contributed by atoms with Crippen molar-refractivity contribution < 1.29 is 18.7 Å². The Balaban J connectivity index is 2.81. The molecule has 0 N–H and O–H groups in total. The molecule has 1 aromatic heterocycles. The summed E-state index contributed by atoms with van der Waals surface area (Å²) < 4.78 is 15.2. The fourth-order valence-electron chi connectivity index (χ4n) is 1.29. The van der Waals surface area contributed by atoms with Crippen LogP contribution in [0.1, 0.15) is 36.0 Å². The molecule has 0 amide bonds. The number of ether oxygens (including phenoxy) is 2. The van der Waals surface area contributed by atoms with E-state index in [2.05, 4.69) is 4.98 Å². The van der Waals surface area contributed by atoms with E-state index in [1.807, 2.05) is 6.92 Å². The number of carbonyl (C=O) groups is 1. The van der Waals surface area contributed by atoms with E-state index in [1.54, 1.807) is 14.0 Å². The topological polar surface area (TPSA) is 61.6 Å². The Morgan fingerprint density at radius 3 is 2.75 bits per heavy atom. The lowest BCUT2D eigenvalue weighted by molar-refractivity contribution is 0.0485. The third kappa shape index (κ3) is 3.06. The lowest BCUT2D eigenvalue weighted by Gasteiger charge is -1.98. The summed E-state index contributed by atoms with van der Waals surface area (Å²) in [4.78, 5) is 15.7. The molecule has 5 heteroatoms. The van der Waals surface area contributed by atoms with Crippen LogP contribution < -0.4 is 0 Å². The molecule has 0 fully saturated rings. The second kappa shape index (κ2) is 6.27.